The van der Waals surface area contributed by atoms with E-state index in [1.54, 1.807) is 17.0 Å². The highest BCUT2D eigenvalue weighted by molar-refractivity contribution is 5.90. The summed E-state index contributed by atoms with van der Waals surface area (Å²) in [5.74, 6) is -0.711. The molecule has 3 aliphatic heterocycles. The van der Waals surface area contributed by atoms with Gasteiger partial charge in [0.1, 0.15) is 11.9 Å². The fourth-order valence-corrected chi connectivity index (χ4v) is 4.60. The smallest absolute Gasteiger partial charge is 0.414 e. The standard InChI is InChI=1S/C23H31FN6O6/c1-16(31)25-13-18-14-30(23(35)36-18)17-2-3-20(19(24)12-17)27-8-10-28(11-9-27)21(32)15-26-4-6-29(7-5-26)22(33)34/h2-3,12,18H,4-11,13-15H2,1H3,(H,25,31)(H,33,34)/t18-/m0/s1. The third-order valence-electron chi connectivity index (χ3n) is 6.67. The third kappa shape index (κ3) is 5.96. The first-order chi connectivity index (χ1) is 17.2. The molecule has 0 aliphatic carbocycles. The van der Waals surface area contributed by atoms with Gasteiger partial charge in [0.25, 0.3) is 0 Å². The molecule has 4 rings (SSSR count). The zero-order valence-electron chi connectivity index (χ0n) is 20.2. The van der Waals surface area contributed by atoms with Crippen molar-refractivity contribution in [2.24, 2.45) is 0 Å². The first-order valence-corrected chi connectivity index (χ1v) is 12.0. The van der Waals surface area contributed by atoms with Gasteiger partial charge in [0.2, 0.25) is 11.8 Å². The van der Waals surface area contributed by atoms with Crippen LogP contribution < -0.4 is 15.1 Å². The second kappa shape index (κ2) is 11.0. The van der Waals surface area contributed by atoms with Crippen molar-refractivity contribution in [3.05, 3.63) is 24.0 Å². The van der Waals surface area contributed by atoms with Crippen LogP contribution in [0.3, 0.4) is 0 Å². The Morgan fingerprint density at radius 2 is 1.72 bits per heavy atom. The number of hydrogen-bond acceptors (Lipinski definition) is 7. The van der Waals surface area contributed by atoms with Gasteiger partial charge >= 0.3 is 12.2 Å². The van der Waals surface area contributed by atoms with Gasteiger partial charge < -0.3 is 29.9 Å². The molecule has 0 saturated carbocycles. The zero-order chi connectivity index (χ0) is 25.8. The van der Waals surface area contributed by atoms with Crippen molar-refractivity contribution < 1.29 is 33.4 Å². The van der Waals surface area contributed by atoms with E-state index in [4.69, 9.17) is 9.84 Å². The Kier molecular flexibility index (Phi) is 7.77. The largest absolute Gasteiger partial charge is 0.465 e. The number of rotatable bonds is 6. The van der Waals surface area contributed by atoms with Gasteiger partial charge in [-0.1, -0.05) is 0 Å². The number of hydrogen-bond donors (Lipinski definition) is 2. The van der Waals surface area contributed by atoms with Gasteiger partial charge in [-0.2, -0.15) is 0 Å². The number of carboxylic acid groups (broad SMARTS) is 1. The van der Waals surface area contributed by atoms with Crippen LogP contribution in [0, 0.1) is 5.82 Å². The van der Waals surface area contributed by atoms with Gasteiger partial charge in [0, 0.05) is 59.3 Å². The third-order valence-corrected chi connectivity index (χ3v) is 6.67. The Bertz CT molecular complexity index is 1010. The molecule has 0 unspecified atom stereocenters. The van der Waals surface area contributed by atoms with Crippen LogP contribution in [0.4, 0.5) is 25.4 Å². The topological polar surface area (TPSA) is 126 Å². The van der Waals surface area contributed by atoms with Crippen molar-refractivity contribution in [3.63, 3.8) is 0 Å². The number of carbonyl (C=O) groups excluding carboxylic acids is 3. The van der Waals surface area contributed by atoms with Gasteiger partial charge in [-0.05, 0) is 18.2 Å². The minimum atomic E-state index is -0.941. The molecule has 12 nitrogen and oxygen atoms in total. The predicted molar refractivity (Wildman–Crippen MR) is 128 cm³/mol. The highest BCUT2D eigenvalue weighted by atomic mass is 19.1. The van der Waals surface area contributed by atoms with Crippen LogP contribution in [0.2, 0.25) is 0 Å². The molecule has 36 heavy (non-hydrogen) atoms. The molecule has 2 N–H and O–H groups in total. The van der Waals surface area contributed by atoms with Crippen LogP contribution in [-0.2, 0) is 14.3 Å². The first-order valence-electron chi connectivity index (χ1n) is 12.0. The second-order valence-corrected chi connectivity index (χ2v) is 9.10. The maximum Gasteiger partial charge on any atom is 0.414 e. The van der Waals surface area contributed by atoms with E-state index in [0.29, 0.717) is 63.7 Å². The number of piperazine rings is 2. The molecule has 0 radical (unpaired) electrons. The van der Waals surface area contributed by atoms with Gasteiger partial charge in [-0.15, -0.1) is 0 Å². The Hall–Kier alpha value is -3.61. The normalized spacial score (nSPS) is 20.9. The van der Waals surface area contributed by atoms with E-state index >= 15 is 4.39 Å². The molecule has 3 aliphatic rings. The van der Waals surface area contributed by atoms with Crippen molar-refractivity contribution >= 4 is 35.4 Å². The summed E-state index contributed by atoms with van der Waals surface area (Å²) in [6.45, 7) is 5.70. The van der Waals surface area contributed by atoms with Crippen LogP contribution >= 0.6 is 0 Å². The summed E-state index contributed by atoms with van der Waals surface area (Å²) in [5, 5.41) is 11.6. The minimum Gasteiger partial charge on any atom is -0.465 e. The molecule has 1 aromatic carbocycles. The molecular formula is C23H31FN6O6. The lowest BCUT2D eigenvalue weighted by molar-refractivity contribution is -0.133. The minimum absolute atomic E-state index is 0.0180. The van der Waals surface area contributed by atoms with E-state index in [1.165, 1.54) is 22.8 Å². The summed E-state index contributed by atoms with van der Waals surface area (Å²) in [7, 11) is 0. The van der Waals surface area contributed by atoms with Gasteiger partial charge in [-0.3, -0.25) is 19.4 Å². The number of anilines is 2. The van der Waals surface area contributed by atoms with Crippen molar-refractivity contribution in [3.8, 4) is 0 Å². The summed E-state index contributed by atoms with van der Waals surface area (Å²) in [6.07, 6.45) is -2.03. The lowest BCUT2D eigenvalue weighted by Gasteiger charge is -2.38. The fourth-order valence-electron chi connectivity index (χ4n) is 4.60. The molecule has 0 spiro atoms. The molecule has 1 aromatic rings. The molecule has 4 amide bonds. The average Bonchev–Trinajstić information content (AvgIpc) is 3.23. The van der Waals surface area contributed by atoms with Crippen molar-refractivity contribution in [2.45, 2.75) is 13.0 Å². The zero-order valence-corrected chi connectivity index (χ0v) is 20.2. The molecule has 0 bridgehead atoms. The number of ether oxygens (including phenoxy) is 1. The predicted octanol–water partition coefficient (Wildman–Crippen LogP) is 0.231. The Balaban J connectivity index is 1.27. The number of carbonyl (C=O) groups is 4. The molecule has 0 aromatic heterocycles. The lowest BCUT2D eigenvalue weighted by Crippen LogP contribution is -2.54. The highest BCUT2D eigenvalue weighted by Crippen LogP contribution is 2.28. The van der Waals surface area contributed by atoms with Crippen LogP contribution in [-0.4, -0.2) is 122 Å². The Morgan fingerprint density at radius 3 is 2.33 bits per heavy atom. The number of cyclic esters (lactones) is 1. The van der Waals surface area contributed by atoms with E-state index < -0.39 is 24.1 Å². The molecule has 196 valence electrons. The number of benzene rings is 1. The molecule has 3 saturated heterocycles. The SMILES string of the molecule is CC(=O)NC[C@H]1CN(c2ccc(N3CCN(C(=O)CN4CCN(C(=O)O)CC4)CC3)c(F)c2)C(=O)O1. The number of nitrogens with zero attached hydrogens (tertiary/aromatic N) is 5. The molecule has 1 atom stereocenters. The van der Waals surface area contributed by atoms with Crippen LogP contribution in [0.25, 0.3) is 0 Å². The van der Waals surface area contributed by atoms with Gasteiger partial charge in [-0.25, -0.2) is 14.0 Å². The highest BCUT2D eigenvalue weighted by Gasteiger charge is 2.33. The second-order valence-electron chi connectivity index (χ2n) is 9.10. The van der Waals surface area contributed by atoms with E-state index in [9.17, 15) is 19.2 Å². The van der Waals surface area contributed by atoms with Crippen molar-refractivity contribution in [1.29, 1.82) is 0 Å². The van der Waals surface area contributed by atoms with E-state index in [2.05, 4.69) is 5.32 Å². The molecular weight excluding hydrogens is 475 g/mol. The number of nitrogens with one attached hydrogen (secondary N) is 1. The fraction of sp³-hybridized carbons (Fsp3) is 0.565. The molecule has 3 heterocycles. The summed E-state index contributed by atoms with van der Waals surface area (Å²) in [4.78, 5) is 55.3. The molecule has 13 heteroatoms. The maximum atomic E-state index is 15.0. The maximum absolute atomic E-state index is 15.0. The van der Waals surface area contributed by atoms with E-state index in [1.807, 2.05) is 9.80 Å². The quantitative estimate of drug-likeness (QED) is 0.562. The lowest BCUT2D eigenvalue weighted by atomic mass is 10.2. The van der Waals surface area contributed by atoms with Crippen LogP contribution in [0.1, 0.15) is 6.92 Å². The average molecular weight is 507 g/mol. The summed E-state index contributed by atoms with van der Waals surface area (Å²) >= 11 is 0. The van der Waals surface area contributed by atoms with E-state index in [0.717, 1.165) is 0 Å². The summed E-state index contributed by atoms with van der Waals surface area (Å²) in [6, 6.07) is 4.58. The van der Waals surface area contributed by atoms with Crippen LogP contribution in [0.15, 0.2) is 18.2 Å². The van der Waals surface area contributed by atoms with Crippen molar-refractivity contribution in [1.82, 2.24) is 20.0 Å². The Labute approximate surface area is 208 Å². The van der Waals surface area contributed by atoms with Gasteiger partial charge in [0.05, 0.1) is 31.0 Å². The van der Waals surface area contributed by atoms with Crippen LogP contribution in [0.5, 0.6) is 0 Å². The summed E-state index contributed by atoms with van der Waals surface area (Å²) < 4.78 is 20.2. The van der Waals surface area contributed by atoms with Gasteiger partial charge in [0.15, 0.2) is 0 Å². The first kappa shape index (κ1) is 25.5. The Morgan fingerprint density at radius 1 is 1.06 bits per heavy atom. The summed E-state index contributed by atoms with van der Waals surface area (Å²) in [5.41, 5.74) is 0.779. The number of amides is 4. The molecule has 3 fully saturated rings. The monoisotopic (exact) mass is 506 g/mol. The number of halogens is 1. The van der Waals surface area contributed by atoms with Crippen molar-refractivity contribution in [2.75, 3.05) is 81.8 Å². The van der Waals surface area contributed by atoms with E-state index in [-0.39, 0.29) is 31.4 Å².